The maximum absolute atomic E-state index is 12.3. The highest BCUT2D eigenvalue weighted by Crippen LogP contribution is 2.17. The average Bonchev–Trinajstić information content (AvgIpc) is 3.08. The molecule has 0 saturated heterocycles. The van der Waals surface area contributed by atoms with Crippen LogP contribution >= 0.6 is 11.3 Å². The summed E-state index contributed by atoms with van der Waals surface area (Å²) in [4.78, 5) is 37.1. The van der Waals surface area contributed by atoms with Gasteiger partial charge in [-0.05, 0) is 48.1 Å². The van der Waals surface area contributed by atoms with E-state index in [1.165, 1.54) is 17.4 Å². The molecule has 2 aromatic rings. The van der Waals surface area contributed by atoms with Crippen LogP contribution in [0.4, 0.5) is 5.69 Å². The minimum absolute atomic E-state index is 0.268. The number of carbonyl (C=O) groups is 3. The van der Waals surface area contributed by atoms with Gasteiger partial charge in [0.1, 0.15) is 0 Å². The standard InChI is InChI=1S/C21H24N2O4S/c1-14(2)12-22-21(26)16-6-4-5-7-17(16)23-19(24)13-27-20(25)9-8-18-15(3)10-11-28-18/h4-11,14H,12-13H2,1-3H3,(H,22,26)(H,23,24)/b9-8+. The Morgan fingerprint density at radius 2 is 1.93 bits per heavy atom. The van der Waals surface area contributed by atoms with Crippen molar-refractivity contribution in [1.82, 2.24) is 5.32 Å². The third-order valence-electron chi connectivity index (χ3n) is 3.73. The van der Waals surface area contributed by atoms with Gasteiger partial charge in [-0.25, -0.2) is 4.79 Å². The number of rotatable bonds is 8. The maximum atomic E-state index is 12.3. The normalized spacial score (nSPS) is 10.9. The molecule has 28 heavy (non-hydrogen) atoms. The second-order valence-corrected chi connectivity index (χ2v) is 7.55. The van der Waals surface area contributed by atoms with Gasteiger partial charge in [0.05, 0.1) is 11.3 Å². The first-order valence-corrected chi connectivity index (χ1v) is 9.80. The van der Waals surface area contributed by atoms with E-state index in [0.29, 0.717) is 23.7 Å². The molecule has 0 bridgehead atoms. The van der Waals surface area contributed by atoms with Gasteiger partial charge in [0, 0.05) is 17.5 Å². The SMILES string of the molecule is Cc1ccsc1/C=C/C(=O)OCC(=O)Nc1ccccc1C(=O)NCC(C)C. The number of hydrogen-bond acceptors (Lipinski definition) is 5. The van der Waals surface area contributed by atoms with Crippen molar-refractivity contribution >= 4 is 40.9 Å². The minimum Gasteiger partial charge on any atom is -0.452 e. The molecule has 6 nitrogen and oxygen atoms in total. The largest absolute Gasteiger partial charge is 0.452 e. The lowest BCUT2D eigenvalue weighted by Crippen LogP contribution is -2.29. The van der Waals surface area contributed by atoms with E-state index in [1.807, 2.05) is 32.2 Å². The van der Waals surface area contributed by atoms with Gasteiger partial charge in [0.2, 0.25) is 0 Å². The second-order valence-electron chi connectivity index (χ2n) is 6.61. The molecule has 0 atom stereocenters. The van der Waals surface area contributed by atoms with E-state index in [1.54, 1.807) is 30.3 Å². The molecule has 0 aliphatic rings. The van der Waals surface area contributed by atoms with Crippen LogP contribution in [-0.2, 0) is 14.3 Å². The second kappa shape index (κ2) is 10.4. The summed E-state index contributed by atoms with van der Waals surface area (Å²) in [5, 5.41) is 7.36. The quantitative estimate of drug-likeness (QED) is 0.523. The van der Waals surface area contributed by atoms with Crippen LogP contribution in [0.5, 0.6) is 0 Å². The van der Waals surface area contributed by atoms with Gasteiger partial charge in [-0.3, -0.25) is 9.59 Å². The van der Waals surface area contributed by atoms with Crippen LogP contribution in [-0.4, -0.2) is 30.9 Å². The van der Waals surface area contributed by atoms with Crippen molar-refractivity contribution in [3.8, 4) is 0 Å². The molecule has 2 N–H and O–H groups in total. The molecule has 2 amide bonds. The number of para-hydroxylation sites is 1. The number of amides is 2. The first-order valence-electron chi connectivity index (χ1n) is 8.93. The highest BCUT2D eigenvalue weighted by atomic mass is 32.1. The Bertz CT molecular complexity index is 871. The zero-order chi connectivity index (χ0) is 20.5. The van der Waals surface area contributed by atoms with Crippen LogP contribution in [0.25, 0.3) is 6.08 Å². The summed E-state index contributed by atoms with van der Waals surface area (Å²) in [6.45, 7) is 6.04. The first kappa shape index (κ1) is 21.4. The fourth-order valence-corrected chi connectivity index (χ4v) is 3.07. The van der Waals surface area contributed by atoms with Gasteiger partial charge in [0.15, 0.2) is 6.61 Å². The first-order chi connectivity index (χ1) is 13.4. The Morgan fingerprint density at radius 3 is 2.61 bits per heavy atom. The summed E-state index contributed by atoms with van der Waals surface area (Å²) in [6.07, 6.45) is 2.95. The summed E-state index contributed by atoms with van der Waals surface area (Å²) >= 11 is 1.52. The maximum Gasteiger partial charge on any atom is 0.331 e. The Balaban J connectivity index is 1.89. The molecule has 1 aromatic carbocycles. The lowest BCUT2D eigenvalue weighted by Gasteiger charge is -2.12. The zero-order valence-corrected chi connectivity index (χ0v) is 17.0. The molecule has 0 aliphatic carbocycles. The lowest BCUT2D eigenvalue weighted by molar-refractivity contribution is -0.142. The molecule has 1 aromatic heterocycles. The number of ether oxygens (including phenoxy) is 1. The van der Waals surface area contributed by atoms with Crippen LogP contribution in [0.2, 0.25) is 0 Å². The van der Waals surface area contributed by atoms with Gasteiger partial charge in [-0.2, -0.15) is 0 Å². The molecule has 0 radical (unpaired) electrons. The van der Waals surface area contributed by atoms with Crippen molar-refractivity contribution in [1.29, 1.82) is 0 Å². The molecule has 1 heterocycles. The molecular weight excluding hydrogens is 376 g/mol. The number of aryl methyl sites for hydroxylation is 1. The number of nitrogens with one attached hydrogen (secondary N) is 2. The molecule has 0 spiro atoms. The molecule has 0 aliphatic heterocycles. The molecule has 0 saturated carbocycles. The van der Waals surface area contributed by atoms with Crippen molar-refractivity contribution < 1.29 is 19.1 Å². The number of thiophene rings is 1. The summed E-state index contributed by atoms with van der Waals surface area (Å²) < 4.78 is 4.96. The van der Waals surface area contributed by atoms with Gasteiger partial charge >= 0.3 is 5.97 Å². The fourth-order valence-electron chi connectivity index (χ4n) is 2.25. The fraction of sp³-hybridized carbons (Fsp3) is 0.286. The Labute approximate surface area is 168 Å². The topological polar surface area (TPSA) is 84.5 Å². The Kier molecular flexibility index (Phi) is 7.95. The molecule has 148 valence electrons. The molecule has 2 rings (SSSR count). The van der Waals surface area contributed by atoms with Crippen molar-refractivity contribution in [3.63, 3.8) is 0 Å². The number of carbonyl (C=O) groups excluding carboxylic acids is 3. The van der Waals surface area contributed by atoms with E-state index >= 15 is 0 Å². The third kappa shape index (κ3) is 6.66. The molecule has 7 heteroatoms. The number of esters is 1. The number of hydrogen-bond donors (Lipinski definition) is 2. The molecule has 0 unspecified atom stereocenters. The zero-order valence-electron chi connectivity index (χ0n) is 16.2. The molecule has 0 fully saturated rings. The van der Waals surface area contributed by atoms with Gasteiger partial charge in [-0.1, -0.05) is 26.0 Å². The van der Waals surface area contributed by atoms with Crippen LogP contribution in [0.1, 0.15) is 34.6 Å². The van der Waals surface area contributed by atoms with Crippen molar-refractivity contribution in [2.45, 2.75) is 20.8 Å². The number of benzene rings is 1. The van der Waals surface area contributed by atoms with Gasteiger partial charge < -0.3 is 15.4 Å². The predicted molar refractivity (Wildman–Crippen MR) is 111 cm³/mol. The van der Waals surface area contributed by atoms with E-state index < -0.39 is 18.5 Å². The van der Waals surface area contributed by atoms with E-state index in [0.717, 1.165) is 10.4 Å². The molecular formula is C21H24N2O4S. The van der Waals surface area contributed by atoms with E-state index in [-0.39, 0.29) is 5.91 Å². The highest BCUT2D eigenvalue weighted by Gasteiger charge is 2.14. The van der Waals surface area contributed by atoms with E-state index in [9.17, 15) is 14.4 Å². The van der Waals surface area contributed by atoms with Crippen LogP contribution in [0.3, 0.4) is 0 Å². The van der Waals surface area contributed by atoms with Crippen molar-refractivity contribution in [3.05, 3.63) is 57.8 Å². The highest BCUT2D eigenvalue weighted by molar-refractivity contribution is 7.11. The Hall–Kier alpha value is -2.93. The summed E-state index contributed by atoms with van der Waals surface area (Å²) in [5.41, 5.74) is 1.80. The van der Waals surface area contributed by atoms with Gasteiger partial charge in [-0.15, -0.1) is 11.3 Å². The Morgan fingerprint density at radius 1 is 1.18 bits per heavy atom. The van der Waals surface area contributed by atoms with Crippen molar-refractivity contribution in [2.24, 2.45) is 5.92 Å². The average molecular weight is 401 g/mol. The lowest BCUT2D eigenvalue weighted by atomic mass is 10.1. The minimum atomic E-state index is -0.606. The summed E-state index contributed by atoms with van der Waals surface area (Å²) in [5.74, 6) is -1.07. The van der Waals surface area contributed by atoms with Crippen LogP contribution in [0, 0.1) is 12.8 Å². The van der Waals surface area contributed by atoms with Crippen LogP contribution < -0.4 is 10.6 Å². The summed E-state index contributed by atoms with van der Waals surface area (Å²) in [7, 11) is 0. The number of anilines is 1. The third-order valence-corrected chi connectivity index (χ3v) is 4.72. The van der Waals surface area contributed by atoms with Gasteiger partial charge in [0.25, 0.3) is 11.8 Å². The van der Waals surface area contributed by atoms with Crippen LogP contribution in [0.15, 0.2) is 41.8 Å². The monoisotopic (exact) mass is 400 g/mol. The van der Waals surface area contributed by atoms with E-state index in [2.05, 4.69) is 10.6 Å². The van der Waals surface area contributed by atoms with E-state index in [4.69, 9.17) is 4.74 Å². The van der Waals surface area contributed by atoms with Crippen molar-refractivity contribution in [2.75, 3.05) is 18.5 Å². The smallest absolute Gasteiger partial charge is 0.331 e. The predicted octanol–water partition coefficient (Wildman–Crippen LogP) is 3.64. The summed E-state index contributed by atoms with van der Waals surface area (Å²) in [6, 6.07) is 8.65.